The molecular weight excluding hydrogens is 400 g/mol. The Bertz CT molecular complexity index is 257. The highest BCUT2D eigenvalue weighted by molar-refractivity contribution is 9.39. The molecule has 0 aromatic heterocycles. The quantitative estimate of drug-likeness (QED) is 0.407. The van der Waals surface area contributed by atoms with Crippen LogP contribution in [0.4, 0.5) is 0 Å². The first-order chi connectivity index (χ1) is 6.85. The largest absolute Gasteiger partial charge is 0.463 e. The molecule has 0 aliphatic rings. The van der Waals surface area contributed by atoms with E-state index in [4.69, 9.17) is 4.74 Å². The van der Waals surface area contributed by atoms with Crippen LogP contribution in [0.2, 0.25) is 0 Å². The van der Waals surface area contributed by atoms with E-state index in [-0.39, 0.29) is 13.2 Å². The maximum Gasteiger partial charge on any atom is 0.331 e. The van der Waals surface area contributed by atoms with Crippen molar-refractivity contribution in [1.82, 2.24) is 0 Å². The van der Waals surface area contributed by atoms with E-state index in [2.05, 4.69) is 52.5 Å². The fraction of sp³-hybridized carbons (Fsp3) is 0.500. The van der Waals surface area contributed by atoms with Gasteiger partial charge in [-0.3, -0.25) is 0 Å². The van der Waals surface area contributed by atoms with Crippen molar-refractivity contribution in [3.8, 4) is 0 Å². The molecule has 0 saturated carbocycles. The molecule has 4 nitrogen and oxygen atoms in total. The summed E-state index contributed by atoms with van der Waals surface area (Å²) in [4.78, 5) is 21.8. The fourth-order valence-corrected chi connectivity index (χ4v) is 0.871. The third-order valence-corrected chi connectivity index (χ3v) is 1.71. The van der Waals surface area contributed by atoms with Gasteiger partial charge in [0.15, 0.2) is 2.14 Å². The third kappa shape index (κ3) is 10.4. The maximum absolute atomic E-state index is 11.0. The van der Waals surface area contributed by atoms with E-state index in [0.717, 1.165) is 12.2 Å². The molecule has 0 heterocycles. The van der Waals surface area contributed by atoms with Gasteiger partial charge < -0.3 is 9.47 Å². The maximum atomic E-state index is 11.0. The summed E-state index contributed by atoms with van der Waals surface area (Å²) in [5, 5.41) is 0. The Balaban J connectivity index is 3.89. The minimum Gasteiger partial charge on any atom is -0.463 e. The molecule has 7 heteroatoms. The Hall–Kier alpha value is 0.120. The van der Waals surface area contributed by atoms with Crippen LogP contribution in [-0.4, -0.2) is 27.3 Å². The van der Waals surface area contributed by atoms with Crippen LogP contribution in [-0.2, 0) is 19.1 Å². The zero-order valence-corrected chi connectivity index (χ0v) is 12.6. The highest BCUT2D eigenvalue weighted by Gasteiger charge is 2.19. The molecule has 0 radical (unpaired) electrons. The lowest BCUT2D eigenvalue weighted by molar-refractivity contribution is -0.140. The van der Waals surface area contributed by atoms with Crippen LogP contribution in [0.15, 0.2) is 12.2 Å². The number of carbonyl (C=O) groups is 2. The van der Waals surface area contributed by atoms with Crippen LogP contribution in [0.1, 0.15) is 6.92 Å². The highest BCUT2D eigenvalue weighted by Crippen LogP contribution is 2.33. The molecule has 0 aromatic carbocycles. The van der Waals surface area contributed by atoms with Crippen molar-refractivity contribution in [2.75, 3.05) is 13.2 Å². The van der Waals surface area contributed by atoms with Gasteiger partial charge in [0.05, 0.1) is 6.61 Å². The number of alkyl halides is 3. The molecule has 0 spiro atoms. The predicted molar refractivity (Wildman–Crippen MR) is 66.2 cm³/mol. The summed E-state index contributed by atoms with van der Waals surface area (Å²) < 4.78 is 8.70. The van der Waals surface area contributed by atoms with Crippen molar-refractivity contribution < 1.29 is 19.1 Å². The number of halogens is 3. The molecule has 0 atom stereocenters. The van der Waals surface area contributed by atoms with Gasteiger partial charge in [-0.15, -0.1) is 0 Å². The van der Waals surface area contributed by atoms with Gasteiger partial charge in [-0.2, -0.15) is 0 Å². The van der Waals surface area contributed by atoms with Gasteiger partial charge in [0.2, 0.25) is 0 Å². The molecule has 0 fully saturated rings. The average molecular weight is 409 g/mol. The summed E-state index contributed by atoms with van der Waals surface area (Å²) in [7, 11) is 0. The smallest absolute Gasteiger partial charge is 0.331 e. The summed E-state index contributed by atoms with van der Waals surface area (Å²) in [6.45, 7) is 2.02. The number of rotatable bonds is 4. The molecule has 15 heavy (non-hydrogen) atoms. The monoisotopic (exact) mass is 406 g/mol. The zero-order chi connectivity index (χ0) is 11.9. The van der Waals surface area contributed by atoms with E-state index in [0.29, 0.717) is 0 Å². The SMILES string of the molecule is CCOC(=O)/C=C/C(=O)OCC(Br)(Br)Br. The zero-order valence-electron chi connectivity index (χ0n) is 7.84. The van der Waals surface area contributed by atoms with Crippen molar-refractivity contribution in [2.24, 2.45) is 0 Å². The van der Waals surface area contributed by atoms with E-state index in [1.165, 1.54) is 0 Å². The number of hydrogen-bond acceptors (Lipinski definition) is 4. The van der Waals surface area contributed by atoms with Crippen LogP contribution in [0.5, 0.6) is 0 Å². The molecule has 0 N–H and O–H groups in total. The Morgan fingerprint density at radius 2 is 1.60 bits per heavy atom. The first kappa shape index (κ1) is 15.1. The minimum atomic E-state index is -0.638. The lowest BCUT2D eigenvalue weighted by atomic mass is 10.5. The van der Waals surface area contributed by atoms with Gasteiger partial charge in [-0.05, 0) is 6.92 Å². The van der Waals surface area contributed by atoms with Gasteiger partial charge in [-0.1, -0.05) is 47.8 Å². The summed E-state index contributed by atoms with van der Waals surface area (Å²) in [6.07, 6.45) is 2.03. The van der Waals surface area contributed by atoms with E-state index >= 15 is 0 Å². The second-order valence-corrected chi connectivity index (χ2v) is 9.56. The summed E-state index contributed by atoms with van der Waals surface area (Å²) in [6, 6.07) is 0. The normalized spacial score (nSPS) is 11.5. The second-order valence-electron chi connectivity index (χ2n) is 2.31. The van der Waals surface area contributed by atoms with Crippen molar-refractivity contribution in [3.05, 3.63) is 12.2 Å². The Morgan fingerprint density at radius 3 is 2.00 bits per heavy atom. The number of hydrogen-bond donors (Lipinski definition) is 0. The highest BCUT2D eigenvalue weighted by atomic mass is 80.0. The molecule has 0 bridgehead atoms. The van der Waals surface area contributed by atoms with Crippen molar-refractivity contribution in [1.29, 1.82) is 0 Å². The summed E-state index contributed by atoms with van der Waals surface area (Å²) in [5.41, 5.74) is 0. The Labute approximate surface area is 113 Å². The first-order valence-electron chi connectivity index (χ1n) is 3.93. The predicted octanol–water partition coefficient (Wildman–Crippen LogP) is 2.49. The van der Waals surface area contributed by atoms with Crippen LogP contribution in [0, 0.1) is 0 Å². The number of ether oxygens (including phenoxy) is 2. The van der Waals surface area contributed by atoms with E-state index in [9.17, 15) is 9.59 Å². The molecule has 0 amide bonds. The molecule has 0 rings (SSSR count). The molecule has 0 unspecified atom stereocenters. The van der Waals surface area contributed by atoms with Crippen molar-refractivity contribution in [3.63, 3.8) is 0 Å². The molecule has 86 valence electrons. The van der Waals surface area contributed by atoms with E-state index in [1.54, 1.807) is 6.92 Å². The van der Waals surface area contributed by atoms with Crippen LogP contribution in [0.3, 0.4) is 0 Å². The van der Waals surface area contributed by atoms with Crippen LogP contribution < -0.4 is 0 Å². The molecule has 0 saturated heterocycles. The number of esters is 2. The standard InChI is InChI=1S/C8H9Br3O4/c1-2-14-6(12)3-4-7(13)15-5-8(9,10)11/h3-4H,2,5H2,1H3/b4-3+. The fourth-order valence-electron chi connectivity index (χ4n) is 0.528. The van der Waals surface area contributed by atoms with Gasteiger partial charge >= 0.3 is 11.9 Å². The van der Waals surface area contributed by atoms with Crippen LogP contribution in [0.25, 0.3) is 0 Å². The molecule has 0 aromatic rings. The minimum absolute atomic E-state index is 0.0685. The summed E-state index contributed by atoms with van der Waals surface area (Å²) >= 11 is 9.46. The molecular formula is C8H9Br3O4. The Morgan fingerprint density at radius 1 is 1.13 bits per heavy atom. The summed E-state index contributed by atoms with van der Waals surface area (Å²) in [5.74, 6) is -1.19. The number of carbonyl (C=O) groups excluding carboxylic acids is 2. The lowest BCUT2D eigenvalue weighted by Gasteiger charge is -2.10. The van der Waals surface area contributed by atoms with Gasteiger partial charge in [0.25, 0.3) is 0 Å². The van der Waals surface area contributed by atoms with Gasteiger partial charge in [0.1, 0.15) is 6.61 Å². The molecule has 0 aliphatic carbocycles. The third-order valence-electron chi connectivity index (χ3n) is 1.02. The Kier molecular flexibility index (Phi) is 7.46. The average Bonchev–Trinajstić information content (AvgIpc) is 2.11. The van der Waals surface area contributed by atoms with Crippen molar-refractivity contribution in [2.45, 2.75) is 9.07 Å². The van der Waals surface area contributed by atoms with E-state index < -0.39 is 14.1 Å². The first-order valence-corrected chi connectivity index (χ1v) is 6.31. The van der Waals surface area contributed by atoms with E-state index in [1.807, 2.05) is 0 Å². The van der Waals surface area contributed by atoms with Gasteiger partial charge in [-0.25, -0.2) is 9.59 Å². The van der Waals surface area contributed by atoms with Crippen LogP contribution >= 0.6 is 47.8 Å². The topological polar surface area (TPSA) is 52.6 Å². The van der Waals surface area contributed by atoms with Gasteiger partial charge in [0, 0.05) is 12.2 Å². The van der Waals surface area contributed by atoms with Crippen molar-refractivity contribution >= 4 is 59.7 Å². The lowest BCUT2D eigenvalue weighted by Crippen LogP contribution is -2.14. The second kappa shape index (κ2) is 7.40. The molecule has 0 aliphatic heterocycles.